The fourth-order valence-electron chi connectivity index (χ4n) is 3.10. The molecule has 1 amide bonds. The molecule has 0 radical (unpaired) electrons. The second-order valence-electron chi connectivity index (χ2n) is 6.35. The van der Waals surface area contributed by atoms with Crippen LogP contribution in [0.15, 0.2) is 29.2 Å². The fourth-order valence-corrected chi connectivity index (χ4v) is 4.15. The molecule has 1 saturated heterocycles. The van der Waals surface area contributed by atoms with E-state index in [4.69, 9.17) is 0 Å². The molecule has 0 N–H and O–H groups in total. The lowest BCUT2D eigenvalue weighted by Gasteiger charge is -2.32. The lowest BCUT2D eigenvalue weighted by atomic mass is 9.98. The molecule has 1 atom stereocenters. The van der Waals surface area contributed by atoms with Gasteiger partial charge in [0.2, 0.25) is 5.91 Å². The number of rotatable bonds is 4. The molecule has 6 heteroatoms. The van der Waals surface area contributed by atoms with Crippen molar-refractivity contribution in [3.8, 4) is 0 Å². The topological polar surface area (TPSA) is 55.2 Å². The maximum absolute atomic E-state index is 12.5. The number of aromatic nitrogens is 2. The maximum atomic E-state index is 12.5. The predicted octanol–water partition coefficient (Wildman–Crippen LogP) is 2.72. The van der Waals surface area contributed by atoms with Crippen molar-refractivity contribution < 1.29 is 4.79 Å². The zero-order valence-corrected chi connectivity index (χ0v) is 15.0. The van der Waals surface area contributed by atoms with Crippen LogP contribution in [0, 0.1) is 13.8 Å². The van der Waals surface area contributed by atoms with Crippen molar-refractivity contribution in [2.45, 2.75) is 45.6 Å². The number of thiazole rings is 1. The smallest absolute Gasteiger partial charge is 0.250 e. The zero-order valence-electron chi connectivity index (χ0n) is 14.2. The normalized spacial score (nSPS) is 17.9. The van der Waals surface area contributed by atoms with Crippen LogP contribution in [0.25, 0.3) is 0 Å². The van der Waals surface area contributed by atoms with E-state index in [0.29, 0.717) is 18.9 Å². The molecule has 24 heavy (non-hydrogen) atoms. The standard InChI is InChI=1S/C18H23N3O2S/c1-13-14(2)24-18(19-13)15-6-5-10-21(12-15)17(23)8-11-20-9-4-3-7-16(20)22/h3-4,7,9,15H,5-6,8,10-12H2,1-2H3/t15-/m1/s1. The molecule has 2 aromatic heterocycles. The van der Waals surface area contributed by atoms with E-state index in [9.17, 15) is 9.59 Å². The zero-order chi connectivity index (χ0) is 17.1. The largest absolute Gasteiger partial charge is 0.342 e. The summed E-state index contributed by atoms with van der Waals surface area (Å²) in [7, 11) is 0. The summed E-state index contributed by atoms with van der Waals surface area (Å²) in [6.07, 6.45) is 4.20. The first kappa shape index (κ1) is 16.9. The van der Waals surface area contributed by atoms with Crippen molar-refractivity contribution >= 4 is 17.2 Å². The molecule has 0 aliphatic carbocycles. The van der Waals surface area contributed by atoms with E-state index in [1.807, 2.05) is 17.9 Å². The van der Waals surface area contributed by atoms with Gasteiger partial charge in [-0.2, -0.15) is 0 Å². The monoisotopic (exact) mass is 345 g/mol. The molecule has 1 fully saturated rings. The molecule has 0 saturated carbocycles. The second kappa shape index (κ2) is 7.30. The Morgan fingerprint density at radius 3 is 2.92 bits per heavy atom. The number of nitrogens with zero attached hydrogens (tertiary/aromatic N) is 3. The van der Waals surface area contributed by atoms with Gasteiger partial charge in [-0.25, -0.2) is 4.98 Å². The Labute approximate surface area is 146 Å². The Hall–Kier alpha value is -1.95. The highest BCUT2D eigenvalue weighted by Crippen LogP contribution is 2.31. The van der Waals surface area contributed by atoms with Crippen molar-refractivity contribution in [3.63, 3.8) is 0 Å². The Morgan fingerprint density at radius 2 is 2.21 bits per heavy atom. The molecule has 1 aliphatic heterocycles. The number of hydrogen-bond donors (Lipinski definition) is 0. The van der Waals surface area contributed by atoms with Gasteiger partial charge in [0.15, 0.2) is 0 Å². The summed E-state index contributed by atoms with van der Waals surface area (Å²) in [5.41, 5.74) is 1.04. The quantitative estimate of drug-likeness (QED) is 0.856. The number of carbonyl (C=O) groups excluding carboxylic acids is 1. The first-order chi connectivity index (χ1) is 11.5. The first-order valence-corrected chi connectivity index (χ1v) is 9.23. The molecule has 5 nitrogen and oxygen atoms in total. The van der Waals surface area contributed by atoms with Crippen LogP contribution in [0.1, 0.15) is 40.8 Å². The van der Waals surface area contributed by atoms with Crippen LogP contribution < -0.4 is 5.56 Å². The minimum Gasteiger partial charge on any atom is -0.342 e. The summed E-state index contributed by atoms with van der Waals surface area (Å²) in [4.78, 5) is 32.1. The highest BCUT2D eigenvalue weighted by Gasteiger charge is 2.26. The molecule has 1 aliphatic rings. The van der Waals surface area contributed by atoms with Crippen LogP contribution in [0.5, 0.6) is 0 Å². The number of aryl methyl sites for hydroxylation is 3. The highest BCUT2D eigenvalue weighted by atomic mass is 32.1. The fraction of sp³-hybridized carbons (Fsp3) is 0.500. The summed E-state index contributed by atoms with van der Waals surface area (Å²) in [5, 5.41) is 1.15. The van der Waals surface area contributed by atoms with Crippen LogP contribution in [0.3, 0.4) is 0 Å². The molecule has 0 spiro atoms. The first-order valence-electron chi connectivity index (χ1n) is 8.42. The van der Waals surface area contributed by atoms with Gasteiger partial charge in [-0.1, -0.05) is 6.07 Å². The van der Waals surface area contributed by atoms with E-state index in [2.05, 4.69) is 11.9 Å². The molecule has 128 valence electrons. The van der Waals surface area contributed by atoms with E-state index in [1.165, 1.54) is 10.9 Å². The van der Waals surface area contributed by atoms with Gasteiger partial charge >= 0.3 is 0 Å². The third-order valence-corrected chi connectivity index (χ3v) is 5.87. The van der Waals surface area contributed by atoms with Gasteiger partial charge in [0, 0.05) is 49.1 Å². The van der Waals surface area contributed by atoms with Gasteiger partial charge in [0.05, 0.1) is 10.7 Å². The molecule has 3 rings (SSSR count). The minimum absolute atomic E-state index is 0.0597. The van der Waals surface area contributed by atoms with E-state index in [0.717, 1.165) is 36.6 Å². The van der Waals surface area contributed by atoms with Gasteiger partial charge in [-0.15, -0.1) is 11.3 Å². The van der Waals surface area contributed by atoms with E-state index >= 15 is 0 Å². The summed E-state index contributed by atoms with van der Waals surface area (Å²) >= 11 is 1.75. The third kappa shape index (κ3) is 3.75. The Kier molecular flexibility index (Phi) is 5.14. The second-order valence-corrected chi connectivity index (χ2v) is 7.59. The van der Waals surface area contributed by atoms with Crippen molar-refractivity contribution in [1.82, 2.24) is 14.5 Å². The van der Waals surface area contributed by atoms with Crippen molar-refractivity contribution in [3.05, 3.63) is 50.3 Å². The number of piperidine rings is 1. The van der Waals surface area contributed by atoms with Gasteiger partial charge < -0.3 is 9.47 Å². The molecule has 2 aromatic rings. The lowest BCUT2D eigenvalue weighted by molar-refractivity contribution is -0.132. The summed E-state index contributed by atoms with van der Waals surface area (Å²) in [6, 6.07) is 5.05. The Morgan fingerprint density at radius 1 is 1.38 bits per heavy atom. The van der Waals surface area contributed by atoms with Gasteiger partial charge in [0.1, 0.15) is 0 Å². The summed E-state index contributed by atoms with van der Waals surface area (Å²) in [6.45, 7) is 6.13. The molecule has 0 aromatic carbocycles. The summed E-state index contributed by atoms with van der Waals surface area (Å²) in [5.74, 6) is 0.472. The van der Waals surface area contributed by atoms with Gasteiger partial charge in [-0.05, 0) is 32.8 Å². The van der Waals surface area contributed by atoms with Gasteiger partial charge in [0.25, 0.3) is 5.56 Å². The average Bonchev–Trinajstić information content (AvgIpc) is 2.93. The SMILES string of the molecule is Cc1nc([C@@H]2CCCN(C(=O)CCn3ccccc3=O)C2)sc1C. The van der Waals surface area contributed by atoms with Gasteiger partial charge in [-0.3, -0.25) is 9.59 Å². The van der Waals surface area contributed by atoms with E-state index < -0.39 is 0 Å². The Balaban J connectivity index is 1.61. The Bertz CT molecular complexity index is 761. The molecule has 0 unspecified atom stereocenters. The predicted molar refractivity (Wildman–Crippen MR) is 95.5 cm³/mol. The molecular weight excluding hydrogens is 322 g/mol. The van der Waals surface area contributed by atoms with Crippen molar-refractivity contribution in [1.29, 1.82) is 0 Å². The van der Waals surface area contributed by atoms with E-state index in [-0.39, 0.29) is 11.5 Å². The number of likely N-dealkylation sites (tertiary alicyclic amines) is 1. The van der Waals surface area contributed by atoms with Crippen molar-refractivity contribution in [2.75, 3.05) is 13.1 Å². The summed E-state index contributed by atoms with van der Waals surface area (Å²) < 4.78 is 1.59. The van der Waals surface area contributed by atoms with Crippen LogP contribution >= 0.6 is 11.3 Å². The van der Waals surface area contributed by atoms with Crippen LogP contribution in [0.2, 0.25) is 0 Å². The average molecular weight is 345 g/mol. The van der Waals surface area contributed by atoms with Crippen LogP contribution in [-0.4, -0.2) is 33.4 Å². The minimum atomic E-state index is -0.0597. The van der Waals surface area contributed by atoms with Crippen molar-refractivity contribution in [2.24, 2.45) is 0 Å². The number of pyridine rings is 1. The number of hydrogen-bond acceptors (Lipinski definition) is 4. The lowest BCUT2D eigenvalue weighted by Crippen LogP contribution is -2.39. The molecule has 3 heterocycles. The number of amides is 1. The molecular formula is C18H23N3O2S. The number of carbonyl (C=O) groups is 1. The van der Waals surface area contributed by atoms with Crippen LogP contribution in [0.4, 0.5) is 0 Å². The maximum Gasteiger partial charge on any atom is 0.250 e. The van der Waals surface area contributed by atoms with Crippen LogP contribution in [-0.2, 0) is 11.3 Å². The molecule has 0 bridgehead atoms. The van der Waals surface area contributed by atoms with E-state index in [1.54, 1.807) is 28.2 Å². The highest BCUT2D eigenvalue weighted by molar-refractivity contribution is 7.11. The third-order valence-electron chi connectivity index (χ3n) is 4.63.